The van der Waals surface area contributed by atoms with Crippen LogP contribution in [0.5, 0.6) is 0 Å². The quantitative estimate of drug-likeness (QED) is 0.474. The molecule has 0 bridgehead atoms. The van der Waals surface area contributed by atoms with E-state index >= 15 is 0 Å². The van der Waals surface area contributed by atoms with Crippen LogP contribution in [-0.4, -0.2) is 23.1 Å². The Kier molecular flexibility index (Phi) is 4.84. The van der Waals surface area contributed by atoms with E-state index in [4.69, 9.17) is 4.98 Å². The summed E-state index contributed by atoms with van der Waals surface area (Å²) < 4.78 is 6.84. The molecule has 1 aromatic carbocycles. The Hall–Kier alpha value is -3.09. The van der Waals surface area contributed by atoms with Crippen molar-refractivity contribution in [3.8, 4) is 11.3 Å². The van der Waals surface area contributed by atoms with E-state index in [-0.39, 0.29) is 11.2 Å². The fourth-order valence-electron chi connectivity index (χ4n) is 4.99. The zero-order chi connectivity index (χ0) is 21.7. The summed E-state index contributed by atoms with van der Waals surface area (Å²) in [4.78, 5) is 30.3. The highest BCUT2D eigenvalue weighted by Gasteiger charge is 2.25. The molecule has 1 aliphatic carbocycles. The molecule has 5 rings (SSSR count). The van der Waals surface area contributed by atoms with Gasteiger partial charge in [-0.3, -0.25) is 18.3 Å². The van der Waals surface area contributed by atoms with Gasteiger partial charge in [0.1, 0.15) is 0 Å². The van der Waals surface area contributed by atoms with Crippen LogP contribution < -0.4 is 11.2 Å². The number of fused-ring (bicyclic) bond motifs is 3. The van der Waals surface area contributed by atoms with Gasteiger partial charge in [-0.1, -0.05) is 56.9 Å². The van der Waals surface area contributed by atoms with Gasteiger partial charge in [0, 0.05) is 26.3 Å². The first-order valence-corrected chi connectivity index (χ1v) is 11.3. The summed E-state index contributed by atoms with van der Waals surface area (Å²) >= 11 is 0. The smallest absolute Gasteiger partial charge is 0.306 e. The highest BCUT2D eigenvalue weighted by atomic mass is 16.2. The van der Waals surface area contributed by atoms with E-state index in [9.17, 15) is 9.59 Å². The maximum absolute atomic E-state index is 13.0. The summed E-state index contributed by atoms with van der Waals surface area (Å²) in [7, 11) is 3.20. The molecule has 3 heterocycles. The molecule has 7 nitrogen and oxygen atoms in total. The van der Waals surface area contributed by atoms with E-state index < -0.39 is 0 Å². The summed E-state index contributed by atoms with van der Waals surface area (Å²) in [6.07, 6.45) is 10.2. The molecule has 0 unspecified atom stereocenters. The van der Waals surface area contributed by atoms with Gasteiger partial charge in [0.05, 0.1) is 5.69 Å². The minimum Gasteiger partial charge on any atom is -0.306 e. The number of benzene rings is 1. The van der Waals surface area contributed by atoms with E-state index in [2.05, 4.69) is 35.8 Å². The van der Waals surface area contributed by atoms with Gasteiger partial charge in [-0.25, -0.2) is 4.79 Å². The van der Waals surface area contributed by atoms with Crippen LogP contribution in [0, 0.1) is 0 Å². The molecular weight excluding hydrogens is 390 g/mol. The molecule has 0 aliphatic heterocycles. The summed E-state index contributed by atoms with van der Waals surface area (Å²) in [5, 5.41) is 0. The Morgan fingerprint density at radius 3 is 2.29 bits per heavy atom. The second-order valence-corrected chi connectivity index (χ2v) is 8.74. The lowest BCUT2D eigenvalue weighted by molar-refractivity contribution is 0.456. The zero-order valence-electron chi connectivity index (χ0n) is 18.5. The molecule has 0 N–H and O–H groups in total. The summed E-state index contributed by atoms with van der Waals surface area (Å²) in [6, 6.07) is 9.00. The molecule has 0 spiro atoms. The number of hydrogen-bond acceptors (Lipinski definition) is 3. The van der Waals surface area contributed by atoms with E-state index in [1.165, 1.54) is 42.9 Å². The van der Waals surface area contributed by atoms with E-state index in [0.717, 1.165) is 40.9 Å². The minimum absolute atomic E-state index is 0.309. The van der Waals surface area contributed by atoms with Crippen LogP contribution in [0.25, 0.3) is 28.2 Å². The molecule has 0 saturated heterocycles. The van der Waals surface area contributed by atoms with Crippen molar-refractivity contribution in [1.29, 1.82) is 0 Å². The maximum Gasteiger partial charge on any atom is 0.332 e. The molecule has 0 radical (unpaired) electrons. The van der Waals surface area contributed by atoms with E-state index in [1.54, 1.807) is 7.05 Å². The van der Waals surface area contributed by atoms with Crippen molar-refractivity contribution in [2.45, 2.75) is 57.9 Å². The van der Waals surface area contributed by atoms with Crippen LogP contribution in [0.4, 0.5) is 0 Å². The first-order chi connectivity index (χ1) is 15.0. The summed E-state index contributed by atoms with van der Waals surface area (Å²) in [5.41, 5.74) is 3.75. The van der Waals surface area contributed by atoms with Crippen molar-refractivity contribution in [2.24, 2.45) is 14.1 Å². The van der Waals surface area contributed by atoms with Crippen molar-refractivity contribution in [3.63, 3.8) is 0 Å². The van der Waals surface area contributed by atoms with Crippen LogP contribution in [0.2, 0.25) is 0 Å². The average molecular weight is 420 g/mol. The fraction of sp³-hybridized carbons (Fsp3) is 0.458. The lowest BCUT2D eigenvalue weighted by atomic mass is 10.1. The zero-order valence-corrected chi connectivity index (χ0v) is 18.5. The van der Waals surface area contributed by atoms with Crippen molar-refractivity contribution in [3.05, 3.63) is 56.9 Å². The Balaban J connectivity index is 1.84. The first kappa shape index (κ1) is 19.8. The van der Waals surface area contributed by atoms with Crippen LogP contribution in [0.1, 0.15) is 57.1 Å². The second-order valence-electron chi connectivity index (χ2n) is 8.74. The Labute approximate surface area is 180 Å². The predicted octanol–water partition coefficient (Wildman–Crippen LogP) is 3.81. The topological polar surface area (TPSA) is 66.2 Å². The van der Waals surface area contributed by atoms with Crippen molar-refractivity contribution >= 4 is 16.9 Å². The fourth-order valence-corrected chi connectivity index (χ4v) is 4.99. The third kappa shape index (κ3) is 3.06. The number of hydrogen-bond donors (Lipinski definition) is 0. The number of nitrogens with zero attached hydrogens (tertiary/aromatic N) is 5. The number of aromatic nitrogens is 5. The SMILES string of the molecule is CCc1ccc(-c2cn3c4c(=O)n(C)c(=O)n(C)c4nc3n2C2CCCCCC2)cc1. The van der Waals surface area contributed by atoms with Crippen LogP contribution in [0.3, 0.4) is 0 Å². The first-order valence-electron chi connectivity index (χ1n) is 11.3. The van der Waals surface area contributed by atoms with Gasteiger partial charge in [0.15, 0.2) is 11.2 Å². The Morgan fingerprint density at radius 2 is 1.65 bits per heavy atom. The van der Waals surface area contributed by atoms with Gasteiger partial charge in [-0.05, 0) is 30.4 Å². The molecule has 4 aromatic rings. The largest absolute Gasteiger partial charge is 0.332 e. The molecule has 0 amide bonds. The average Bonchev–Trinajstić information content (AvgIpc) is 3.21. The number of aryl methyl sites for hydroxylation is 2. The highest BCUT2D eigenvalue weighted by molar-refractivity contribution is 5.78. The van der Waals surface area contributed by atoms with E-state index in [1.807, 2.05) is 10.6 Å². The standard InChI is InChI=1S/C24H29N5O2/c1-4-16-11-13-17(14-12-16)19-15-28-20-21(26(2)24(31)27(3)22(20)30)25-23(28)29(19)18-9-7-5-6-8-10-18/h11-15,18H,4-10H2,1-3H3. The number of rotatable bonds is 3. The van der Waals surface area contributed by atoms with Crippen LogP contribution in [-0.2, 0) is 20.5 Å². The molecule has 1 saturated carbocycles. The van der Waals surface area contributed by atoms with Crippen LogP contribution >= 0.6 is 0 Å². The van der Waals surface area contributed by atoms with Gasteiger partial charge in [-0.2, -0.15) is 4.98 Å². The van der Waals surface area contributed by atoms with Crippen LogP contribution in [0.15, 0.2) is 40.1 Å². The molecule has 7 heteroatoms. The summed E-state index contributed by atoms with van der Waals surface area (Å²) in [6.45, 7) is 2.16. The van der Waals surface area contributed by atoms with Gasteiger partial charge in [0.25, 0.3) is 5.56 Å². The lowest BCUT2D eigenvalue weighted by Gasteiger charge is -2.20. The Morgan fingerprint density at radius 1 is 0.968 bits per heavy atom. The molecule has 1 fully saturated rings. The molecule has 1 aliphatic rings. The third-order valence-corrected chi connectivity index (χ3v) is 6.85. The minimum atomic E-state index is -0.352. The van der Waals surface area contributed by atoms with Gasteiger partial charge in [0.2, 0.25) is 5.78 Å². The summed E-state index contributed by atoms with van der Waals surface area (Å²) in [5.74, 6) is 0.745. The lowest BCUT2D eigenvalue weighted by Crippen LogP contribution is -2.37. The molecular formula is C24H29N5O2. The monoisotopic (exact) mass is 419 g/mol. The van der Waals surface area contributed by atoms with Crippen molar-refractivity contribution in [2.75, 3.05) is 0 Å². The van der Waals surface area contributed by atoms with Gasteiger partial charge < -0.3 is 4.57 Å². The third-order valence-electron chi connectivity index (χ3n) is 6.85. The van der Waals surface area contributed by atoms with E-state index in [0.29, 0.717) is 17.2 Å². The van der Waals surface area contributed by atoms with Gasteiger partial charge >= 0.3 is 5.69 Å². The normalized spacial score (nSPS) is 15.7. The Bertz CT molecular complexity index is 1380. The molecule has 3 aromatic heterocycles. The maximum atomic E-state index is 13.0. The van der Waals surface area contributed by atoms with Crippen molar-refractivity contribution < 1.29 is 0 Å². The molecule has 162 valence electrons. The van der Waals surface area contributed by atoms with Gasteiger partial charge in [-0.15, -0.1) is 0 Å². The molecule has 0 atom stereocenters. The predicted molar refractivity (Wildman–Crippen MR) is 123 cm³/mol. The van der Waals surface area contributed by atoms with Crippen molar-refractivity contribution in [1.82, 2.24) is 23.1 Å². The second kappa shape index (κ2) is 7.55. The highest BCUT2D eigenvalue weighted by Crippen LogP contribution is 2.35. The number of imidazole rings is 2. The molecule has 31 heavy (non-hydrogen) atoms.